The van der Waals surface area contributed by atoms with E-state index in [1.165, 1.54) is 0 Å². The van der Waals surface area contributed by atoms with Gasteiger partial charge in [-0.25, -0.2) is 0 Å². The smallest absolute Gasteiger partial charge is 0.140 e. The van der Waals surface area contributed by atoms with Gasteiger partial charge in [-0.05, 0) is 78.1 Å². The molecule has 0 radical (unpaired) electrons. The van der Waals surface area contributed by atoms with E-state index in [9.17, 15) is 5.11 Å². The minimum Gasteiger partial charge on any atom is -0.382 e. The number of anilines is 2. The largest absolute Gasteiger partial charge is 0.382 e. The molecule has 6 rings (SSSR count). The van der Waals surface area contributed by atoms with Crippen LogP contribution in [0.2, 0.25) is 10.0 Å². The molecule has 7 heteroatoms. The van der Waals surface area contributed by atoms with Crippen molar-refractivity contribution in [3.8, 4) is 0 Å². The van der Waals surface area contributed by atoms with Crippen molar-refractivity contribution in [3.05, 3.63) is 130 Å². The molecule has 4 aromatic carbocycles. The minimum atomic E-state index is -1.42. The van der Waals surface area contributed by atoms with Gasteiger partial charge in [-0.15, -0.1) is 0 Å². The number of piperidine rings is 1. The fraction of sp³-hybridized carbons (Fsp3) is 0.188. The maximum atomic E-state index is 12.4. The molecule has 2 heterocycles. The summed E-state index contributed by atoms with van der Waals surface area (Å²) in [5.74, 6) is 0. The highest BCUT2D eigenvalue weighted by molar-refractivity contribution is 6.30. The molecule has 1 fully saturated rings. The number of rotatable bonds is 6. The highest BCUT2D eigenvalue weighted by Gasteiger charge is 2.34. The zero-order valence-corrected chi connectivity index (χ0v) is 22.8. The van der Waals surface area contributed by atoms with Gasteiger partial charge in [0.2, 0.25) is 0 Å². The van der Waals surface area contributed by atoms with E-state index < -0.39 is 5.60 Å². The highest BCUT2D eigenvalue weighted by Crippen LogP contribution is 2.40. The summed E-state index contributed by atoms with van der Waals surface area (Å²) in [6.07, 6.45) is 3.86. The lowest BCUT2D eigenvalue weighted by Crippen LogP contribution is -2.39. The molecule has 2 N–H and O–H groups in total. The molecule has 39 heavy (non-hydrogen) atoms. The van der Waals surface area contributed by atoms with Crippen molar-refractivity contribution in [1.29, 1.82) is 0 Å². The van der Waals surface area contributed by atoms with Gasteiger partial charge in [0.05, 0.1) is 17.4 Å². The molecular weight excluding hydrogens is 527 g/mol. The second-order valence-electron chi connectivity index (χ2n) is 9.96. The molecule has 0 bridgehead atoms. The molecule has 0 unspecified atom stereocenters. The van der Waals surface area contributed by atoms with E-state index in [1.807, 2.05) is 54.7 Å². The fourth-order valence-corrected chi connectivity index (χ4v) is 5.69. The van der Waals surface area contributed by atoms with Crippen molar-refractivity contribution in [2.75, 3.05) is 23.3 Å². The summed E-state index contributed by atoms with van der Waals surface area (Å²) in [5.41, 5.74) is 3.70. The molecule has 196 valence electrons. The molecule has 1 saturated heterocycles. The average molecular weight is 556 g/mol. The van der Waals surface area contributed by atoms with Crippen molar-refractivity contribution in [2.24, 2.45) is 0 Å². The van der Waals surface area contributed by atoms with Gasteiger partial charge >= 0.3 is 0 Å². The highest BCUT2D eigenvalue weighted by atomic mass is 35.5. The van der Waals surface area contributed by atoms with Crippen LogP contribution in [0.1, 0.15) is 29.5 Å². The number of para-hydroxylation sites is 1. The molecule has 0 atom stereocenters. The molecule has 1 aromatic heterocycles. The van der Waals surface area contributed by atoms with Crippen LogP contribution < -0.4 is 10.2 Å². The summed E-state index contributed by atoms with van der Waals surface area (Å²) in [6.45, 7) is 1.79. The first kappa shape index (κ1) is 25.6. The number of aliphatic hydroxyl groups is 1. The number of fused-ring (bicyclic) bond motifs is 1. The van der Waals surface area contributed by atoms with Crippen LogP contribution >= 0.6 is 23.2 Å². The van der Waals surface area contributed by atoms with E-state index in [0.717, 1.165) is 53.8 Å². The van der Waals surface area contributed by atoms with Crippen LogP contribution in [0.5, 0.6) is 0 Å². The Morgan fingerprint density at radius 3 is 1.97 bits per heavy atom. The Morgan fingerprint density at radius 1 is 0.769 bits per heavy atom. The van der Waals surface area contributed by atoms with Gasteiger partial charge in [-0.1, -0.05) is 71.7 Å². The maximum absolute atomic E-state index is 12.4. The monoisotopic (exact) mass is 554 g/mol. The second-order valence-corrected chi connectivity index (χ2v) is 10.8. The van der Waals surface area contributed by atoms with Gasteiger partial charge < -0.3 is 15.3 Å². The van der Waals surface area contributed by atoms with Gasteiger partial charge in [0.1, 0.15) is 5.60 Å². The number of hydrogen-bond donors (Lipinski definition) is 2. The molecule has 1 aliphatic rings. The average Bonchev–Trinajstić information content (AvgIpc) is 2.98. The number of halogens is 2. The summed E-state index contributed by atoms with van der Waals surface area (Å²) < 4.78 is 0. The topological polar surface area (TPSA) is 61.3 Å². The second kappa shape index (κ2) is 10.9. The third-order valence-electron chi connectivity index (χ3n) is 7.54. The summed E-state index contributed by atoms with van der Waals surface area (Å²) in [6, 6.07) is 31.3. The van der Waals surface area contributed by atoms with Crippen molar-refractivity contribution in [2.45, 2.75) is 24.5 Å². The van der Waals surface area contributed by atoms with Crippen LogP contribution in [0.25, 0.3) is 10.9 Å². The molecule has 0 saturated carbocycles. The summed E-state index contributed by atoms with van der Waals surface area (Å²) in [7, 11) is 0. The third-order valence-corrected chi connectivity index (χ3v) is 8.04. The lowest BCUT2D eigenvalue weighted by Gasteiger charge is -2.35. The van der Waals surface area contributed by atoms with E-state index in [1.54, 1.807) is 24.3 Å². The molecular formula is C32H28Cl2N4O. The van der Waals surface area contributed by atoms with Crippen LogP contribution in [-0.2, 0) is 5.60 Å². The van der Waals surface area contributed by atoms with E-state index in [2.05, 4.69) is 44.7 Å². The van der Waals surface area contributed by atoms with Gasteiger partial charge in [0.15, 0.2) is 0 Å². The Kier molecular flexibility index (Phi) is 7.13. The van der Waals surface area contributed by atoms with Crippen LogP contribution in [-0.4, -0.2) is 34.4 Å². The number of aromatic nitrogens is 2. The SMILES string of the molecule is OC(c1ccc(Cl)cc1)(c1ccc(Cl)cc1)c1ccc2nncc(N3CCC(Nc4ccccc4)CC3)c2c1. The Labute approximate surface area is 238 Å². The molecule has 1 aliphatic heterocycles. The predicted octanol–water partition coefficient (Wildman–Crippen LogP) is 7.30. The first-order valence-electron chi connectivity index (χ1n) is 13.1. The normalized spacial score (nSPS) is 14.5. The molecule has 0 amide bonds. The first-order chi connectivity index (χ1) is 19.0. The van der Waals surface area contributed by atoms with Crippen molar-refractivity contribution in [3.63, 3.8) is 0 Å². The minimum absolute atomic E-state index is 0.417. The number of benzene rings is 4. The lowest BCUT2D eigenvalue weighted by molar-refractivity contribution is 0.126. The van der Waals surface area contributed by atoms with Crippen molar-refractivity contribution in [1.82, 2.24) is 10.2 Å². The fourth-order valence-electron chi connectivity index (χ4n) is 5.44. The number of nitrogens with zero attached hydrogens (tertiary/aromatic N) is 3. The van der Waals surface area contributed by atoms with Crippen LogP contribution in [0, 0.1) is 0 Å². The molecule has 5 aromatic rings. The quantitative estimate of drug-likeness (QED) is 0.215. The van der Waals surface area contributed by atoms with E-state index >= 15 is 0 Å². The molecule has 0 aliphatic carbocycles. The van der Waals surface area contributed by atoms with E-state index in [0.29, 0.717) is 27.2 Å². The molecule has 0 spiro atoms. The van der Waals surface area contributed by atoms with Crippen molar-refractivity contribution >= 4 is 45.5 Å². The van der Waals surface area contributed by atoms with Gasteiger partial charge in [0.25, 0.3) is 0 Å². The van der Waals surface area contributed by atoms with Crippen LogP contribution in [0.4, 0.5) is 11.4 Å². The number of hydrogen-bond acceptors (Lipinski definition) is 5. The Morgan fingerprint density at radius 2 is 1.36 bits per heavy atom. The first-order valence-corrected chi connectivity index (χ1v) is 13.8. The number of nitrogens with one attached hydrogen (secondary N) is 1. The summed E-state index contributed by atoms with van der Waals surface area (Å²) in [4.78, 5) is 2.37. The lowest BCUT2D eigenvalue weighted by atomic mass is 9.80. The van der Waals surface area contributed by atoms with Gasteiger partial charge in [0, 0.05) is 40.3 Å². The Balaban J connectivity index is 1.36. The predicted molar refractivity (Wildman–Crippen MR) is 160 cm³/mol. The zero-order valence-electron chi connectivity index (χ0n) is 21.3. The maximum Gasteiger partial charge on any atom is 0.140 e. The van der Waals surface area contributed by atoms with E-state index in [4.69, 9.17) is 23.2 Å². The van der Waals surface area contributed by atoms with Gasteiger partial charge in [-0.2, -0.15) is 10.2 Å². The summed E-state index contributed by atoms with van der Waals surface area (Å²) >= 11 is 12.4. The summed E-state index contributed by atoms with van der Waals surface area (Å²) in [5, 5.41) is 26.9. The Bertz CT molecular complexity index is 1520. The van der Waals surface area contributed by atoms with E-state index in [-0.39, 0.29) is 0 Å². The Hall–Kier alpha value is -3.64. The zero-order chi connectivity index (χ0) is 26.8. The standard InChI is InChI=1S/C32H28Cl2N4O/c33-25-11-6-22(7-12-25)32(39,23-8-13-26(34)14-9-23)24-10-15-30-29(20-24)31(21-35-37-30)38-18-16-28(17-19-38)36-27-4-2-1-3-5-27/h1-15,20-21,28,36,39H,16-19H2. The molecule has 5 nitrogen and oxygen atoms in total. The third kappa shape index (κ3) is 5.18. The van der Waals surface area contributed by atoms with Crippen molar-refractivity contribution < 1.29 is 5.11 Å². The van der Waals surface area contributed by atoms with Gasteiger partial charge in [-0.3, -0.25) is 0 Å². The van der Waals surface area contributed by atoms with Crippen LogP contribution in [0.15, 0.2) is 103 Å². The van der Waals surface area contributed by atoms with Crippen LogP contribution in [0.3, 0.4) is 0 Å².